The van der Waals surface area contributed by atoms with Gasteiger partial charge in [-0.3, -0.25) is 10.3 Å². The second-order valence-electron chi connectivity index (χ2n) is 3.93. The molecule has 5 heteroatoms. The molecule has 1 aromatic carbocycles. The van der Waals surface area contributed by atoms with Crippen molar-refractivity contribution in [1.82, 2.24) is 10.3 Å². The molecule has 0 spiro atoms. The molecule has 0 saturated carbocycles. The molecule has 19 heavy (non-hydrogen) atoms. The van der Waals surface area contributed by atoms with Crippen molar-refractivity contribution in [2.75, 3.05) is 0 Å². The zero-order valence-electron chi connectivity index (χ0n) is 9.98. The van der Waals surface area contributed by atoms with Crippen LogP contribution in [0.15, 0.2) is 42.7 Å². The Bertz CT molecular complexity index is 575. The van der Waals surface area contributed by atoms with Crippen molar-refractivity contribution in [3.8, 4) is 6.07 Å². The monoisotopic (exact) mass is 275 g/mol. The smallest absolute Gasteiger partial charge is 0.130 e. The van der Waals surface area contributed by atoms with Gasteiger partial charge in [-0.05, 0) is 29.8 Å². The van der Waals surface area contributed by atoms with Gasteiger partial charge in [-0.25, -0.2) is 4.39 Å². The molecule has 0 bridgehead atoms. The fraction of sp³-hybridized carbons (Fsp3) is 0.143. The molecule has 1 atom stereocenters. The van der Waals surface area contributed by atoms with Gasteiger partial charge in [-0.1, -0.05) is 17.7 Å². The Kier molecular flexibility index (Phi) is 4.45. The van der Waals surface area contributed by atoms with Crippen LogP contribution in [0.5, 0.6) is 0 Å². The lowest BCUT2D eigenvalue weighted by Gasteiger charge is -2.14. The molecule has 1 heterocycles. The SMILES string of the molecule is N#CC(NCc1ccncc1)c1c(F)cccc1Cl. The van der Waals surface area contributed by atoms with Crippen molar-refractivity contribution < 1.29 is 4.39 Å². The minimum absolute atomic E-state index is 0.181. The summed E-state index contributed by atoms with van der Waals surface area (Å²) >= 11 is 5.94. The van der Waals surface area contributed by atoms with E-state index < -0.39 is 11.9 Å². The van der Waals surface area contributed by atoms with Gasteiger partial charge in [0.2, 0.25) is 0 Å². The summed E-state index contributed by atoms with van der Waals surface area (Å²) in [5, 5.41) is 12.4. The number of benzene rings is 1. The minimum Gasteiger partial charge on any atom is -0.294 e. The topological polar surface area (TPSA) is 48.7 Å². The van der Waals surface area contributed by atoms with E-state index in [1.165, 1.54) is 12.1 Å². The predicted octanol–water partition coefficient (Wildman–Crippen LogP) is 3.23. The van der Waals surface area contributed by atoms with Gasteiger partial charge in [0, 0.05) is 29.5 Å². The second-order valence-corrected chi connectivity index (χ2v) is 4.34. The average molecular weight is 276 g/mol. The molecule has 0 aliphatic carbocycles. The predicted molar refractivity (Wildman–Crippen MR) is 70.8 cm³/mol. The van der Waals surface area contributed by atoms with Gasteiger partial charge in [0.15, 0.2) is 0 Å². The lowest BCUT2D eigenvalue weighted by atomic mass is 10.1. The van der Waals surface area contributed by atoms with E-state index >= 15 is 0 Å². The Morgan fingerprint density at radius 2 is 2.05 bits per heavy atom. The van der Waals surface area contributed by atoms with Gasteiger partial charge < -0.3 is 0 Å². The highest BCUT2D eigenvalue weighted by Crippen LogP contribution is 2.25. The molecule has 1 aromatic heterocycles. The molecule has 3 nitrogen and oxygen atoms in total. The van der Waals surface area contributed by atoms with Crippen LogP contribution in [0.3, 0.4) is 0 Å². The Morgan fingerprint density at radius 1 is 1.32 bits per heavy atom. The van der Waals surface area contributed by atoms with Crippen molar-refractivity contribution in [1.29, 1.82) is 5.26 Å². The lowest BCUT2D eigenvalue weighted by molar-refractivity contribution is 0.562. The molecular weight excluding hydrogens is 265 g/mol. The molecular formula is C14H11ClFN3. The average Bonchev–Trinajstić information content (AvgIpc) is 2.43. The van der Waals surface area contributed by atoms with Crippen LogP contribution in [0.1, 0.15) is 17.2 Å². The number of aromatic nitrogens is 1. The number of nitrogens with zero attached hydrogens (tertiary/aromatic N) is 2. The van der Waals surface area contributed by atoms with Crippen LogP contribution in [0.25, 0.3) is 0 Å². The molecule has 2 rings (SSSR count). The third-order valence-electron chi connectivity index (χ3n) is 2.68. The fourth-order valence-corrected chi connectivity index (χ4v) is 1.99. The summed E-state index contributed by atoms with van der Waals surface area (Å²) in [6, 6.07) is 9.25. The molecule has 0 saturated heterocycles. The summed E-state index contributed by atoms with van der Waals surface area (Å²) in [5.74, 6) is -0.485. The third-order valence-corrected chi connectivity index (χ3v) is 3.01. The number of nitriles is 1. The van der Waals surface area contributed by atoms with E-state index in [1.807, 2.05) is 18.2 Å². The summed E-state index contributed by atoms with van der Waals surface area (Å²) in [6.45, 7) is 0.436. The van der Waals surface area contributed by atoms with Gasteiger partial charge >= 0.3 is 0 Å². The highest BCUT2D eigenvalue weighted by atomic mass is 35.5. The molecule has 1 unspecified atom stereocenters. The van der Waals surface area contributed by atoms with Gasteiger partial charge in [0.25, 0.3) is 0 Å². The van der Waals surface area contributed by atoms with E-state index in [4.69, 9.17) is 16.9 Å². The van der Waals surface area contributed by atoms with Crippen molar-refractivity contribution in [2.24, 2.45) is 0 Å². The van der Waals surface area contributed by atoms with Crippen LogP contribution < -0.4 is 5.32 Å². The first-order valence-corrected chi connectivity index (χ1v) is 6.06. The van der Waals surface area contributed by atoms with Crippen molar-refractivity contribution in [2.45, 2.75) is 12.6 Å². The summed E-state index contributed by atoms with van der Waals surface area (Å²) < 4.78 is 13.7. The van der Waals surface area contributed by atoms with E-state index in [-0.39, 0.29) is 10.6 Å². The molecule has 0 aliphatic rings. The van der Waals surface area contributed by atoms with E-state index in [0.29, 0.717) is 6.54 Å². The Labute approximate surface area is 115 Å². The van der Waals surface area contributed by atoms with Crippen LogP contribution in [0, 0.1) is 17.1 Å². The van der Waals surface area contributed by atoms with Crippen molar-refractivity contribution >= 4 is 11.6 Å². The molecule has 0 fully saturated rings. The number of hydrogen-bond donors (Lipinski definition) is 1. The fourth-order valence-electron chi connectivity index (χ4n) is 1.72. The van der Waals surface area contributed by atoms with Crippen LogP contribution in [-0.4, -0.2) is 4.98 Å². The highest BCUT2D eigenvalue weighted by Gasteiger charge is 2.17. The summed E-state index contributed by atoms with van der Waals surface area (Å²) in [7, 11) is 0. The first kappa shape index (κ1) is 13.5. The number of pyridine rings is 1. The van der Waals surface area contributed by atoms with E-state index in [0.717, 1.165) is 5.56 Å². The number of nitrogens with one attached hydrogen (secondary N) is 1. The summed E-state index contributed by atoms with van der Waals surface area (Å²) in [4.78, 5) is 3.91. The van der Waals surface area contributed by atoms with Crippen LogP contribution >= 0.6 is 11.6 Å². The van der Waals surface area contributed by atoms with Crippen molar-refractivity contribution in [3.63, 3.8) is 0 Å². The number of rotatable bonds is 4. The van der Waals surface area contributed by atoms with E-state index in [1.54, 1.807) is 18.5 Å². The maximum atomic E-state index is 13.7. The van der Waals surface area contributed by atoms with Crippen LogP contribution in [0.2, 0.25) is 5.02 Å². The lowest BCUT2D eigenvalue weighted by Crippen LogP contribution is -2.20. The third kappa shape index (κ3) is 3.28. The quantitative estimate of drug-likeness (QED) is 0.932. The summed E-state index contributed by atoms with van der Waals surface area (Å²) in [6.07, 6.45) is 3.32. The molecule has 0 radical (unpaired) electrons. The largest absolute Gasteiger partial charge is 0.294 e. The van der Waals surface area contributed by atoms with Gasteiger partial charge in [0.1, 0.15) is 11.9 Å². The molecule has 96 valence electrons. The normalized spacial score (nSPS) is 11.8. The Morgan fingerprint density at radius 3 is 2.68 bits per heavy atom. The molecule has 2 aromatic rings. The number of hydrogen-bond acceptors (Lipinski definition) is 3. The first-order chi connectivity index (χ1) is 9.22. The number of halogens is 2. The minimum atomic E-state index is -0.790. The zero-order chi connectivity index (χ0) is 13.7. The van der Waals surface area contributed by atoms with Crippen LogP contribution in [-0.2, 0) is 6.54 Å². The zero-order valence-corrected chi connectivity index (χ0v) is 10.7. The maximum absolute atomic E-state index is 13.7. The maximum Gasteiger partial charge on any atom is 0.130 e. The second kappa shape index (κ2) is 6.28. The van der Waals surface area contributed by atoms with Gasteiger partial charge in [0.05, 0.1) is 6.07 Å². The van der Waals surface area contributed by atoms with E-state index in [2.05, 4.69) is 10.3 Å². The standard InChI is InChI=1S/C14H11ClFN3/c15-11-2-1-3-12(16)14(11)13(8-17)19-9-10-4-6-18-7-5-10/h1-7,13,19H,9H2. The van der Waals surface area contributed by atoms with E-state index in [9.17, 15) is 4.39 Å². The van der Waals surface area contributed by atoms with Gasteiger partial charge in [-0.15, -0.1) is 0 Å². The molecule has 0 amide bonds. The van der Waals surface area contributed by atoms with Crippen LogP contribution in [0.4, 0.5) is 4.39 Å². The molecule has 0 aliphatic heterocycles. The van der Waals surface area contributed by atoms with Crippen molar-refractivity contribution in [3.05, 3.63) is 64.7 Å². The molecule has 1 N–H and O–H groups in total. The highest BCUT2D eigenvalue weighted by molar-refractivity contribution is 6.31. The summed E-state index contributed by atoms with van der Waals surface area (Å²) in [5.41, 5.74) is 1.14. The van der Waals surface area contributed by atoms with Gasteiger partial charge in [-0.2, -0.15) is 5.26 Å². The Balaban J connectivity index is 2.16. The first-order valence-electron chi connectivity index (χ1n) is 5.68. The Hall–Kier alpha value is -1.96.